The highest BCUT2D eigenvalue weighted by molar-refractivity contribution is 5.65. The Morgan fingerprint density at radius 1 is 1.07 bits per heavy atom. The smallest absolute Gasteiger partial charge is 0.129 e. The molecule has 2 aromatic rings. The van der Waals surface area contributed by atoms with Gasteiger partial charge >= 0.3 is 0 Å². The van der Waals surface area contributed by atoms with Crippen molar-refractivity contribution >= 4 is 5.82 Å². The molecule has 3 rings (SSSR count). The van der Waals surface area contributed by atoms with Crippen LogP contribution in [0.15, 0.2) is 31.0 Å². The maximum atomic E-state index is 4.37. The third kappa shape index (κ3) is 1.44. The second-order valence-corrected chi connectivity index (χ2v) is 3.54. The molecule has 0 saturated carbocycles. The first-order valence-corrected chi connectivity index (χ1v) is 4.92. The number of pyridine rings is 1. The van der Waals surface area contributed by atoms with Crippen LogP contribution in [0.3, 0.4) is 0 Å². The fraction of sp³-hybridized carbons (Fsp3) is 0.182. The highest BCUT2D eigenvalue weighted by Crippen LogP contribution is 2.25. The Kier molecular flexibility index (Phi) is 1.84. The summed E-state index contributed by atoms with van der Waals surface area (Å²) in [6.07, 6.45) is 8.04. The third-order valence-corrected chi connectivity index (χ3v) is 2.55. The van der Waals surface area contributed by atoms with Gasteiger partial charge in [-0.05, 0) is 18.1 Å². The summed E-state index contributed by atoms with van der Waals surface area (Å²) in [5.41, 5.74) is 3.37. The molecule has 74 valence electrons. The van der Waals surface area contributed by atoms with Crippen molar-refractivity contribution in [3.8, 4) is 11.1 Å². The SMILES string of the molecule is c1ncc(-c2cnc3c(c2)CCN3)cn1. The third-order valence-electron chi connectivity index (χ3n) is 2.55. The van der Waals surface area contributed by atoms with E-state index in [-0.39, 0.29) is 0 Å². The van der Waals surface area contributed by atoms with Crippen molar-refractivity contribution in [3.05, 3.63) is 36.5 Å². The summed E-state index contributed by atoms with van der Waals surface area (Å²) in [7, 11) is 0. The van der Waals surface area contributed by atoms with Gasteiger partial charge in [0.05, 0.1) is 0 Å². The molecule has 1 aliphatic rings. The van der Waals surface area contributed by atoms with Gasteiger partial charge in [0.25, 0.3) is 0 Å². The van der Waals surface area contributed by atoms with Gasteiger partial charge in [0.2, 0.25) is 0 Å². The zero-order valence-electron chi connectivity index (χ0n) is 8.14. The molecule has 0 aliphatic carbocycles. The van der Waals surface area contributed by atoms with Gasteiger partial charge in [-0.1, -0.05) is 0 Å². The van der Waals surface area contributed by atoms with E-state index in [2.05, 4.69) is 26.3 Å². The minimum Gasteiger partial charge on any atom is -0.370 e. The molecule has 0 amide bonds. The summed E-state index contributed by atoms with van der Waals surface area (Å²) < 4.78 is 0. The van der Waals surface area contributed by atoms with Gasteiger partial charge in [0, 0.05) is 36.3 Å². The number of hydrogen-bond donors (Lipinski definition) is 1. The van der Waals surface area contributed by atoms with E-state index in [4.69, 9.17) is 0 Å². The number of nitrogens with one attached hydrogen (secondary N) is 1. The Balaban J connectivity index is 2.07. The van der Waals surface area contributed by atoms with Crippen LogP contribution < -0.4 is 5.32 Å². The predicted molar refractivity (Wildman–Crippen MR) is 57.5 cm³/mol. The lowest BCUT2D eigenvalue weighted by Crippen LogP contribution is -1.92. The van der Waals surface area contributed by atoms with E-state index >= 15 is 0 Å². The molecule has 2 aromatic heterocycles. The van der Waals surface area contributed by atoms with Gasteiger partial charge in [0.15, 0.2) is 0 Å². The quantitative estimate of drug-likeness (QED) is 0.754. The summed E-state index contributed by atoms with van der Waals surface area (Å²) in [6.45, 7) is 0.983. The molecule has 0 bridgehead atoms. The van der Waals surface area contributed by atoms with Crippen molar-refractivity contribution in [1.82, 2.24) is 15.0 Å². The van der Waals surface area contributed by atoms with Crippen molar-refractivity contribution < 1.29 is 0 Å². The fourth-order valence-electron chi connectivity index (χ4n) is 1.78. The monoisotopic (exact) mass is 198 g/mol. The van der Waals surface area contributed by atoms with Crippen molar-refractivity contribution in [2.45, 2.75) is 6.42 Å². The highest BCUT2D eigenvalue weighted by atomic mass is 15.0. The lowest BCUT2D eigenvalue weighted by Gasteiger charge is -2.02. The molecule has 1 N–H and O–H groups in total. The Morgan fingerprint density at radius 3 is 2.80 bits per heavy atom. The fourth-order valence-corrected chi connectivity index (χ4v) is 1.78. The van der Waals surface area contributed by atoms with E-state index in [1.54, 1.807) is 12.4 Å². The Hall–Kier alpha value is -1.97. The van der Waals surface area contributed by atoms with Crippen molar-refractivity contribution in [1.29, 1.82) is 0 Å². The average Bonchev–Trinajstić information content (AvgIpc) is 2.77. The summed E-state index contributed by atoms with van der Waals surface area (Å²) in [6, 6.07) is 2.15. The van der Waals surface area contributed by atoms with Gasteiger partial charge in [-0.2, -0.15) is 0 Å². The molecule has 15 heavy (non-hydrogen) atoms. The number of fused-ring (bicyclic) bond motifs is 1. The molecule has 0 atom stereocenters. The molecule has 0 radical (unpaired) electrons. The van der Waals surface area contributed by atoms with Crippen LogP contribution in [0, 0.1) is 0 Å². The molecular formula is C11H10N4. The molecule has 4 nitrogen and oxygen atoms in total. The molecule has 3 heterocycles. The largest absolute Gasteiger partial charge is 0.370 e. The zero-order chi connectivity index (χ0) is 10.1. The van der Waals surface area contributed by atoms with Crippen molar-refractivity contribution in [3.63, 3.8) is 0 Å². The molecule has 1 aliphatic heterocycles. The minimum absolute atomic E-state index is 0.983. The number of nitrogens with zero attached hydrogens (tertiary/aromatic N) is 3. The summed E-state index contributed by atoms with van der Waals surface area (Å²) >= 11 is 0. The topological polar surface area (TPSA) is 50.7 Å². The van der Waals surface area contributed by atoms with Crippen molar-refractivity contribution in [2.75, 3.05) is 11.9 Å². The molecule has 0 unspecified atom stereocenters. The van der Waals surface area contributed by atoms with E-state index in [0.717, 1.165) is 29.9 Å². The van der Waals surface area contributed by atoms with Gasteiger partial charge in [0.1, 0.15) is 12.1 Å². The first-order chi connectivity index (χ1) is 7.43. The Morgan fingerprint density at radius 2 is 1.93 bits per heavy atom. The second-order valence-electron chi connectivity index (χ2n) is 3.54. The number of anilines is 1. The molecule has 0 spiro atoms. The predicted octanol–water partition coefficient (Wildman–Crippen LogP) is 1.51. The number of rotatable bonds is 1. The van der Waals surface area contributed by atoms with Crippen LogP contribution in [-0.4, -0.2) is 21.5 Å². The molecule has 0 fully saturated rings. The summed E-state index contributed by atoms with van der Waals surface area (Å²) in [5, 5.41) is 3.24. The molecule has 0 aromatic carbocycles. The van der Waals surface area contributed by atoms with Crippen LogP contribution in [0.25, 0.3) is 11.1 Å². The Labute approximate surface area is 87.4 Å². The van der Waals surface area contributed by atoms with Crippen LogP contribution in [0.5, 0.6) is 0 Å². The lowest BCUT2D eigenvalue weighted by molar-refractivity contribution is 1.11. The van der Waals surface area contributed by atoms with Crippen LogP contribution in [0.2, 0.25) is 0 Å². The van der Waals surface area contributed by atoms with E-state index < -0.39 is 0 Å². The van der Waals surface area contributed by atoms with Gasteiger partial charge in [-0.15, -0.1) is 0 Å². The normalized spacial score (nSPS) is 13.3. The van der Waals surface area contributed by atoms with Crippen LogP contribution in [0.4, 0.5) is 5.82 Å². The van der Waals surface area contributed by atoms with E-state index in [1.807, 2.05) is 6.20 Å². The van der Waals surface area contributed by atoms with E-state index in [9.17, 15) is 0 Å². The molecular weight excluding hydrogens is 188 g/mol. The zero-order valence-corrected chi connectivity index (χ0v) is 8.14. The van der Waals surface area contributed by atoms with Gasteiger partial charge < -0.3 is 5.32 Å². The summed E-state index contributed by atoms with van der Waals surface area (Å²) in [4.78, 5) is 12.4. The molecule has 4 heteroatoms. The standard InChI is InChI=1S/C11H10N4/c1-2-14-11-8(1)3-9(6-15-11)10-4-12-7-13-5-10/h3-7H,1-2H2,(H,14,15). The van der Waals surface area contributed by atoms with E-state index in [0.29, 0.717) is 0 Å². The van der Waals surface area contributed by atoms with Gasteiger partial charge in [-0.3, -0.25) is 0 Å². The maximum Gasteiger partial charge on any atom is 0.129 e. The van der Waals surface area contributed by atoms with Gasteiger partial charge in [-0.25, -0.2) is 15.0 Å². The first kappa shape index (κ1) is 8.35. The Bertz CT molecular complexity index is 481. The van der Waals surface area contributed by atoms with Crippen LogP contribution >= 0.6 is 0 Å². The minimum atomic E-state index is 0.983. The maximum absolute atomic E-state index is 4.37. The van der Waals surface area contributed by atoms with Crippen LogP contribution in [-0.2, 0) is 6.42 Å². The summed E-state index contributed by atoms with van der Waals surface area (Å²) in [5.74, 6) is 1.01. The van der Waals surface area contributed by atoms with Crippen molar-refractivity contribution in [2.24, 2.45) is 0 Å². The number of hydrogen-bond acceptors (Lipinski definition) is 4. The highest BCUT2D eigenvalue weighted by Gasteiger charge is 2.11. The number of aromatic nitrogens is 3. The second kappa shape index (κ2) is 3.31. The van der Waals surface area contributed by atoms with E-state index in [1.165, 1.54) is 11.9 Å². The molecule has 0 saturated heterocycles. The lowest BCUT2D eigenvalue weighted by atomic mass is 10.1. The average molecular weight is 198 g/mol. The first-order valence-electron chi connectivity index (χ1n) is 4.92. The van der Waals surface area contributed by atoms with Crippen LogP contribution in [0.1, 0.15) is 5.56 Å².